The van der Waals surface area contributed by atoms with Crippen molar-refractivity contribution in [1.82, 2.24) is 10.2 Å². The highest BCUT2D eigenvalue weighted by atomic mass is 16.5. The van der Waals surface area contributed by atoms with Gasteiger partial charge in [-0.25, -0.2) is 4.79 Å². The van der Waals surface area contributed by atoms with E-state index in [0.29, 0.717) is 12.6 Å². The van der Waals surface area contributed by atoms with Gasteiger partial charge in [-0.1, -0.05) is 19.3 Å². The average Bonchev–Trinajstić information content (AvgIpc) is 2.47. The van der Waals surface area contributed by atoms with Gasteiger partial charge in [0.05, 0.1) is 13.0 Å². The highest BCUT2D eigenvalue weighted by molar-refractivity contribution is 5.77. The van der Waals surface area contributed by atoms with Gasteiger partial charge in [0, 0.05) is 19.1 Å². The minimum Gasteiger partial charge on any atom is -0.469 e. The fourth-order valence-electron chi connectivity index (χ4n) is 3.03. The predicted molar refractivity (Wildman–Crippen MR) is 71.7 cm³/mol. The number of carbonyl (C=O) groups is 2. The molecule has 1 unspecified atom stereocenters. The number of amides is 2. The molecule has 1 saturated heterocycles. The second kappa shape index (κ2) is 6.78. The summed E-state index contributed by atoms with van der Waals surface area (Å²) in [7, 11) is 1.41. The minimum absolute atomic E-state index is 0.0134. The zero-order valence-electron chi connectivity index (χ0n) is 11.7. The number of piperidine rings is 1. The molecule has 1 aliphatic carbocycles. The third-order valence-electron chi connectivity index (χ3n) is 4.18. The Bertz CT molecular complexity index is 327. The Balaban J connectivity index is 1.82. The number of ether oxygens (including phenoxy) is 1. The molecule has 0 spiro atoms. The van der Waals surface area contributed by atoms with Crippen LogP contribution in [0.2, 0.25) is 0 Å². The van der Waals surface area contributed by atoms with Crippen molar-refractivity contribution in [1.29, 1.82) is 0 Å². The van der Waals surface area contributed by atoms with Gasteiger partial charge in [0.2, 0.25) is 0 Å². The lowest BCUT2D eigenvalue weighted by Crippen LogP contribution is -2.50. The fraction of sp³-hybridized carbons (Fsp3) is 0.857. The first-order chi connectivity index (χ1) is 9.20. The van der Waals surface area contributed by atoms with Crippen LogP contribution >= 0.6 is 0 Å². The molecule has 0 radical (unpaired) electrons. The summed E-state index contributed by atoms with van der Waals surface area (Å²) >= 11 is 0. The van der Waals surface area contributed by atoms with E-state index in [1.807, 2.05) is 0 Å². The number of nitrogens with zero attached hydrogens (tertiary/aromatic N) is 1. The van der Waals surface area contributed by atoms with E-state index in [0.717, 1.165) is 32.2 Å². The van der Waals surface area contributed by atoms with Crippen molar-refractivity contribution in [3.8, 4) is 0 Å². The van der Waals surface area contributed by atoms with Crippen LogP contribution in [0.25, 0.3) is 0 Å². The third kappa shape index (κ3) is 3.85. The number of esters is 1. The quantitative estimate of drug-likeness (QED) is 0.778. The zero-order valence-corrected chi connectivity index (χ0v) is 11.7. The van der Waals surface area contributed by atoms with Gasteiger partial charge >= 0.3 is 12.0 Å². The van der Waals surface area contributed by atoms with Crippen molar-refractivity contribution in [2.45, 2.75) is 51.0 Å². The molecule has 1 aliphatic heterocycles. The van der Waals surface area contributed by atoms with Crippen molar-refractivity contribution >= 4 is 12.0 Å². The van der Waals surface area contributed by atoms with Crippen LogP contribution in [0.4, 0.5) is 4.79 Å². The maximum atomic E-state index is 12.2. The molecule has 0 bridgehead atoms. The molecule has 1 N–H and O–H groups in total. The van der Waals surface area contributed by atoms with E-state index in [-0.39, 0.29) is 17.9 Å². The number of hydrogen-bond donors (Lipinski definition) is 1. The minimum atomic E-state index is -0.199. The number of carbonyl (C=O) groups excluding carboxylic acids is 2. The summed E-state index contributed by atoms with van der Waals surface area (Å²) in [5, 5.41) is 3.10. The normalized spacial score (nSPS) is 24.9. The molecule has 19 heavy (non-hydrogen) atoms. The van der Waals surface area contributed by atoms with E-state index in [1.54, 1.807) is 4.90 Å². The van der Waals surface area contributed by atoms with Crippen LogP contribution in [0.3, 0.4) is 0 Å². The molecular formula is C14H24N2O3. The molecule has 1 heterocycles. The van der Waals surface area contributed by atoms with Crippen LogP contribution in [-0.4, -0.2) is 43.1 Å². The van der Waals surface area contributed by atoms with Gasteiger partial charge in [-0.2, -0.15) is 0 Å². The Hall–Kier alpha value is -1.26. The summed E-state index contributed by atoms with van der Waals surface area (Å²) in [6.07, 6.45) is 7.55. The lowest BCUT2D eigenvalue weighted by molar-refractivity contribution is -0.146. The van der Waals surface area contributed by atoms with Gasteiger partial charge in [-0.15, -0.1) is 0 Å². The lowest BCUT2D eigenvalue weighted by Gasteiger charge is -2.33. The van der Waals surface area contributed by atoms with Crippen LogP contribution in [-0.2, 0) is 9.53 Å². The Morgan fingerprint density at radius 2 is 1.84 bits per heavy atom. The first-order valence-electron chi connectivity index (χ1n) is 7.34. The second-order valence-corrected chi connectivity index (χ2v) is 5.59. The van der Waals surface area contributed by atoms with Crippen LogP contribution in [0.15, 0.2) is 0 Å². The highest BCUT2D eigenvalue weighted by Gasteiger charge is 2.29. The molecule has 2 fully saturated rings. The molecule has 2 amide bonds. The molecule has 5 nitrogen and oxygen atoms in total. The van der Waals surface area contributed by atoms with Gasteiger partial charge < -0.3 is 15.0 Å². The van der Waals surface area contributed by atoms with Gasteiger partial charge in [0.25, 0.3) is 0 Å². The summed E-state index contributed by atoms with van der Waals surface area (Å²) in [6, 6.07) is 0.306. The number of rotatable bonds is 2. The summed E-state index contributed by atoms with van der Waals surface area (Å²) in [5.41, 5.74) is 0. The van der Waals surface area contributed by atoms with E-state index in [9.17, 15) is 9.59 Å². The lowest BCUT2D eigenvalue weighted by atomic mass is 9.95. The fourth-order valence-corrected chi connectivity index (χ4v) is 3.03. The standard InChI is InChI=1S/C14H24N2O3/c1-19-13(17)11-6-5-9-16(10-11)14(18)15-12-7-3-2-4-8-12/h11-12H,2-10H2,1H3,(H,15,18). The Labute approximate surface area is 114 Å². The van der Waals surface area contributed by atoms with Crippen LogP contribution in [0.1, 0.15) is 44.9 Å². The van der Waals surface area contributed by atoms with Gasteiger partial charge in [-0.3, -0.25) is 4.79 Å². The van der Waals surface area contributed by atoms with Crippen molar-refractivity contribution < 1.29 is 14.3 Å². The molecule has 2 aliphatic rings. The average molecular weight is 268 g/mol. The van der Waals surface area contributed by atoms with Gasteiger partial charge in [0.15, 0.2) is 0 Å². The summed E-state index contributed by atoms with van der Waals surface area (Å²) < 4.78 is 4.77. The molecule has 1 saturated carbocycles. The van der Waals surface area contributed by atoms with Crippen LogP contribution in [0.5, 0.6) is 0 Å². The summed E-state index contributed by atoms with van der Waals surface area (Å²) in [6.45, 7) is 1.23. The Morgan fingerprint density at radius 1 is 1.11 bits per heavy atom. The van der Waals surface area contributed by atoms with E-state index in [1.165, 1.54) is 26.4 Å². The van der Waals surface area contributed by atoms with Crippen LogP contribution < -0.4 is 5.32 Å². The maximum absolute atomic E-state index is 12.2. The molecule has 2 rings (SSSR count). The second-order valence-electron chi connectivity index (χ2n) is 5.59. The maximum Gasteiger partial charge on any atom is 0.317 e. The van der Waals surface area contributed by atoms with Crippen molar-refractivity contribution in [3.63, 3.8) is 0 Å². The van der Waals surface area contributed by atoms with Gasteiger partial charge in [-0.05, 0) is 25.7 Å². The molecule has 5 heteroatoms. The monoisotopic (exact) mass is 268 g/mol. The van der Waals surface area contributed by atoms with Crippen molar-refractivity contribution in [2.24, 2.45) is 5.92 Å². The number of hydrogen-bond acceptors (Lipinski definition) is 3. The van der Waals surface area contributed by atoms with Crippen molar-refractivity contribution in [2.75, 3.05) is 20.2 Å². The summed E-state index contributed by atoms with van der Waals surface area (Å²) in [4.78, 5) is 25.5. The SMILES string of the molecule is COC(=O)C1CCCN(C(=O)NC2CCCCC2)C1. The zero-order chi connectivity index (χ0) is 13.7. The van der Waals surface area contributed by atoms with E-state index < -0.39 is 0 Å². The molecular weight excluding hydrogens is 244 g/mol. The molecule has 0 aromatic rings. The first kappa shape index (κ1) is 14.2. The molecule has 1 atom stereocenters. The Morgan fingerprint density at radius 3 is 2.53 bits per heavy atom. The Kier molecular flexibility index (Phi) is 5.05. The van der Waals surface area contributed by atoms with Crippen molar-refractivity contribution in [3.05, 3.63) is 0 Å². The summed E-state index contributed by atoms with van der Waals surface area (Å²) in [5.74, 6) is -0.356. The van der Waals surface area contributed by atoms with E-state index in [2.05, 4.69) is 5.32 Å². The number of urea groups is 1. The number of likely N-dealkylation sites (tertiary alicyclic amines) is 1. The van der Waals surface area contributed by atoms with E-state index >= 15 is 0 Å². The number of methoxy groups -OCH3 is 1. The highest BCUT2D eigenvalue weighted by Crippen LogP contribution is 2.20. The predicted octanol–water partition coefficient (Wildman–Crippen LogP) is 1.91. The number of nitrogens with one attached hydrogen (secondary N) is 1. The first-order valence-corrected chi connectivity index (χ1v) is 7.34. The molecule has 0 aromatic heterocycles. The smallest absolute Gasteiger partial charge is 0.317 e. The largest absolute Gasteiger partial charge is 0.469 e. The van der Waals surface area contributed by atoms with Gasteiger partial charge in [0.1, 0.15) is 0 Å². The van der Waals surface area contributed by atoms with Crippen LogP contribution in [0, 0.1) is 5.92 Å². The third-order valence-corrected chi connectivity index (χ3v) is 4.18. The molecule has 108 valence electrons. The topological polar surface area (TPSA) is 58.6 Å². The van der Waals surface area contributed by atoms with E-state index in [4.69, 9.17) is 4.74 Å². The molecule has 0 aromatic carbocycles.